The predicted octanol–water partition coefficient (Wildman–Crippen LogP) is 1.72. The summed E-state index contributed by atoms with van der Waals surface area (Å²) < 4.78 is 0. The summed E-state index contributed by atoms with van der Waals surface area (Å²) in [5, 5.41) is 18.4. The van der Waals surface area contributed by atoms with Crippen LogP contribution in [0, 0.1) is 5.92 Å². The lowest BCUT2D eigenvalue weighted by atomic mass is 9.94. The van der Waals surface area contributed by atoms with Gasteiger partial charge in [-0.1, -0.05) is 12.5 Å². The molecule has 0 saturated heterocycles. The molecule has 0 saturated carbocycles. The molecule has 2 nitrogen and oxygen atoms in total. The van der Waals surface area contributed by atoms with Crippen molar-refractivity contribution in [2.24, 2.45) is 5.92 Å². The Morgan fingerprint density at radius 1 is 1.50 bits per heavy atom. The Labute approximate surface area is 74.9 Å². The average molecular weight is 172 g/mol. The molecular formula is C10H20O2. The van der Waals surface area contributed by atoms with Gasteiger partial charge in [-0.3, -0.25) is 0 Å². The first-order valence-corrected chi connectivity index (χ1v) is 4.55. The third-order valence-corrected chi connectivity index (χ3v) is 2.14. The lowest BCUT2D eigenvalue weighted by molar-refractivity contribution is 0.0600. The van der Waals surface area contributed by atoms with E-state index in [1.165, 1.54) is 0 Å². The second-order valence-corrected chi connectivity index (χ2v) is 3.41. The van der Waals surface area contributed by atoms with E-state index in [0.29, 0.717) is 6.42 Å². The van der Waals surface area contributed by atoms with E-state index < -0.39 is 0 Å². The van der Waals surface area contributed by atoms with E-state index in [1.54, 1.807) is 0 Å². The van der Waals surface area contributed by atoms with E-state index in [9.17, 15) is 5.11 Å². The first-order chi connectivity index (χ1) is 5.61. The second kappa shape index (κ2) is 6.21. The highest BCUT2D eigenvalue weighted by Crippen LogP contribution is 2.16. The van der Waals surface area contributed by atoms with Gasteiger partial charge in [0.1, 0.15) is 0 Å². The Kier molecular flexibility index (Phi) is 6.03. The van der Waals surface area contributed by atoms with Crippen LogP contribution in [0.25, 0.3) is 0 Å². The maximum atomic E-state index is 9.44. The number of hydrogen-bond acceptors (Lipinski definition) is 2. The van der Waals surface area contributed by atoms with Crippen molar-refractivity contribution in [2.45, 2.75) is 39.2 Å². The Morgan fingerprint density at radius 3 is 2.42 bits per heavy atom. The van der Waals surface area contributed by atoms with Crippen LogP contribution in [0.2, 0.25) is 0 Å². The summed E-state index contributed by atoms with van der Waals surface area (Å²) in [5.41, 5.74) is 1.11. The zero-order valence-corrected chi connectivity index (χ0v) is 8.08. The first kappa shape index (κ1) is 11.7. The minimum Gasteiger partial charge on any atom is -0.396 e. The highest BCUT2D eigenvalue weighted by Gasteiger charge is 2.15. The van der Waals surface area contributed by atoms with Gasteiger partial charge in [0.2, 0.25) is 0 Å². The van der Waals surface area contributed by atoms with Crippen LogP contribution >= 0.6 is 0 Å². The smallest absolute Gasteiger partial charge is 0.0587 e. The predicted molar refractivity (Wildman–Crippen MR) is 50.9 cm³/mol. The molecule has 0 radical (unpaired) electrons. The van der Waals surface area contributed by atoms with Crippen LogP contribution < -0.4 is 0 Å². The molecule has 2 N–H and O–H groups in total. The number of aliphatic hydroxyl groups is 2. The fraction of sp³-hybridized carbons (Fsp3) is 0.800. The van der Waals surface area contributed by atoms with Crippen molar-refractivity contribution in [1.29, 1.82) is 0 Å². The van der Waals surface area contributed by atoms with Crippen molar-refractivity contribution in [3.05, 3.63) is 12.2 Å². The van der Waals surface area contributed by atoms with E-state index in [2.05, 4.69) is 6.58 Å². The van der Waals surface area contributed by atoms with Gasteiger partial charge in [-0.25, -0.2) is 0 Å². The number of aliphatic hydroxyl groups excluding tert-OH is 2. The molecular weight excluding hydrogens is 152 g/mol. The molecule has 0 rings (SSSR count). The third-order valence-electron chi connectivity index (χ3n) is 2.14. The molecule has 2 unspecified atom stereocenters. The van der Waals surface area contributed by atoms with Crippen molar-refractivity contribution in [3.8, 4) is 0 Å². The van der Waals surface area contributed by atoms with Gasteiger partial charge in [0.25, 0.3) is 0 Å². The Hall–Kier alpha value is -0.340. The fourth-order valence-electron chi connectivity index (χ4n) is 1.17. The number of rotatable bonds is 6. The second-order valence-electron chi connectivity index (χ2n) is 3.41. The van der Waals surface area contributed by atoms with Crippen LogP contribution in [0.5, 0.6) is 0 Å². The SMILES string of the molecule is C=C(C)CCC(CO)C(O)CC. The van der Waals surface area contributed by atoms with Crippen molar-refractivity contribution in [2.75, 3.05) is 6.61 Å². The quantitative estimate of drug-likeness (QED) is 0.599. The number of hydrogen-bond donors (Lipinski definition) is 2. The van der Waals surface area contributed by atoms with Gasteiger partial charge < -0.3 is 10.2 Å². The molecule has 0 aliphatic carbocycles. The highest BCUT2D eigenvalue weighted by molar-refractivity contribution is 4.88. The van der Waals surface area contributed by atoms with E-state index in [-0.39, 0.29) is 18.6 Å². The van der Waals surface area contributed by atoms with Gasteiger partial charge in [-0.2, -0.15) is 0 Å². The summed E-state index contributed by atoms with van der Waals surface area (Å²) in [4.78, 5) is 0. The summed E-state index contributed by atoms with van der Waals surface area (Å²) in [5.74, 6) is 0.0201. The van der Waals surface area contributed by atoms with Gasteiger partial charge in [0.05, 0.1) is 6.10 Å². The van der Waals surface area contributed by atoms with Crippen LogP contribution in [0.15, 0.2) is 12.2 Å². The normalized spacial score (nSPS) is 15.7. The van der Waals surface area contributed by atoms with Gasteiger partial charge in [-0.05, 0) is 26.2 Å². The Balaban J connectivity index is 3.74. The minimum atomic E-state index is -0.366. The molecule has 0 aromatic carbocycles. The van der Waals surface area contributed by atoms with Gasteiger partial charge in [-0.15, -0.1) is 6.58 Å². The van der Waals surface area contributed by atoms with E-state index in [4.69, 9.17) is 5.11 Å². The van der Waals surface area contributed by atoms with Crippen LogP contribution in [0.4, 0.5) is 0 Å². The molecule has 0 bridgehead atoms. The molecule has 0 aliphatic rings. The molecule has 72 valence electrons. The van der Waals surface area contributed by atoms with Gasteiger partial charge in [0.15, 0.2) is 0 Å². The van der Waals surface area contributed by atoms with Crippen LogP contribution in [0.3, 0.4) is 0 Å². The molecule has 0 fully saturated rings. The maximum Gasteiger partial charge on any atom is 0.0587 e. The minimum absolute atomic E-state index is 0.0201. The van der Waals surface area contributed by atoms with Crippen molar-refractivity contribution in [1.82, 2.24) is 0 Å². The van der Waals surface area contributed by atoms with Crippen LogP contribution in [-0.4, -0.2) is 22.9 Å². The lowest BCUT2D eigenvalue weighted by Crippen LogP contribution is -2.22. The van der Waals surface area contributed by atoms with E-state index in [1.807, 2.05) is 13.8 Å². The number of allylic oxidation sites excluding steroid dienone is 1. The average Bonchev–Trinajstić information content (AvgIpc) is 2.04. The van der Waals surface area contributed by atoms with Crippen molar-refractivity contribution >= 4 is 0 Å². The molecule has 2 heteroatoms. The molecule has 0 heterocycles. The topological polar surface area (TPSA) is 40.5 Å². The summed E-state index contributed by atoms with van der Waals surface area (Å²) >= 11 is 0. The van der Waals surface area contributed by atoms with Gasteiger partial charge in [0, 0.05) is 12.5 Å². The van der Waals surface area contributed by atoms with Crippen LogP contribution in [0.1, 0.15) is 33.1 Å². The first-order valence-electron chi connectivity index (χ1n) is 4.55. The summed E-state index contributed by atoms with van der Waals surface area (Å²) in [6, 6.07) is 0. The lowest BCUT2D eigenvalue weighted by Gasteiger charge is -2.19. The zero-order chi connectivity index (χ0) is 9.56. The molecule has 2 atom stereocenters. The standard InChI is InChI=1S/C10H20O2/c1-4-10(12)9(7-11)6-5-8(2)3/h9-12H,2,4-7H2,1,3H3. The Bertz CT molecular complexity index is 132. The molecule has 0 aliphatic heterocycles. The van der Waals surface area contributed by atoms with Gasteiger partial charge >= 0.3 is 0 Å². The maximum absolute atomic E-state index is 9.44. The zero-order valence-electron chi connectivity index (χ0n) is 8.08. The van der Waals surface area contributed by atoms with E-state index >= 15 is 0 Å². The van der Waals surface area contributed by atoms with Crippen molar-refractivity contribution in [3.63, 3.8) is 0 Å². The molecule has 0 aromatic heterocycles. The summed E-state index contributed by atoms with van der Waals surface area (Å²) in [7, 11) is 0. The summed E-state index contributed by atoms with van der Waals surface area (Å²) in [6.07, 6.45) is 2.07. The summed E-state index contributed by atoms with van der Waals surface area (Å²) in [6.45, 7) is 7.74. The molecule has 0 spiro atoms. The third kappa shape index (κ3) is 4.52. The largest absolute Gasteiger partial charge is 0.396 e. The molecule has 0 aromatic rings. The monoisotopic (exact) mass is 172 g/mol. The van der Waals surface area contributed by atoms with Crippen molar-refractivity contribution < 1.29 is 10.2 Å². The Morgan fingerprint density at radius 2 is 2.08 bits per heavy atom. The fourth-order valence-corrected chi connectivity index (χ4v) is 1.17. The van der Waals surface area contributed by atoms with Crippen LogP contribution in [-0.2, 0) is 0 Å². The molecule has 12 heavy (non-hydrogen) atoms. The molecule has 0 amide bonds. The highest BCUT2D eigenvalue weighted by atomic mass is 16.3. The van der Waals surface area contributed by atoms with E-state index in [0.717, 1.165) is 18.4 Å².